The highest BCUT2D eigenvalue weighted by Crippen LogP contribution is 2.38. The van der Waals surface area contributed by atoms with Crippen molar-refractivity contribution in [1.82, 2.24) is 0 Å². The van der Waals surface area contributed by atoms with Crippen LogP contribution >= 0.6 is 0 Å². The Morgan fingerprint density at radius 3 is 2.32 bits per heavy atom. The summed E-state index contributed by atoms with van der Waals surface area (Å²) in [4.78, 5) is 0. The molecule has 1 aliphatic carbocycles. The van der Waals surface area contributed by atoms with Crippen molar-refractivity contribution in [3.63, 3.8) is 0 Å². The van der Waals surface area contributed by atoms with Gasteiger partial charge in [0, 0.05) is 6.07 Å². The van der Waals surface area contributed by atoms with Crippen LogP contribution in [0.15, 0.2) is 42.5 Å². The third-order valence-corrected chi connectivity index (χ3v) is 4.84. The third-order valence-electron chi connectivity index (χ3n) is 4.84. The van der Waals surface area contributed by atoms with E-state index in [1.807, 2.05) is 0 Å². The van der Waals surface area contributed by atoms with Crippen LogP contribution in [0.3, 0.4) is 0 Å². The van der Waals surface area contributed by atoms with Gasteiger partial charge in [0.15, 0.2) is 0 Å². The fourth-order valence-electron chi connectivity index (χ4n) is 3.35. The van der Waals surface area contributed by atoms with Crippen molar-refractivity contribution in [1.29, 1.82) is 0 Å². The van der Waals surface area contributed by atoms with E-state index in [0.717, 1.165) is 49.4 Å². The Bertz CT molecular complexity index is 736. The maximum atomic E-state index is 14.3. The normalized spacial score (nSPS) is 21.2. The summed E-state index contributed by atoms with van der Waals surface area (Å²) in [5.41, 5.74) is -0.0978. The molecule has 0 atom stereocenters. The van der Waals surface area contributed by atoms with Gasteiger partial charge in [-0.2, -0.15) is 8.78 Å². The van der Waals surface area contributed by atoms with Crippen LogP contribution < -0.4 is 4.74 Å². The molecule has 0 spiro atoms. The van der Waals surface area contributed by atoms with Gasteiger partial charge < -0.3 is 4.74 Å². The fraction of sp³-hybridized carbons (Fsp3) is 0.400. The van der Waals surface area contributed by atoms with Gasteiger partial charge in [-0.3, -0.25) is 0 Å². The molecule has 134 valence electrons. The quantitative estimate of drug-likeness (QED) is 0.580. The molecule has 25 heavy (non-hydrogen) atoms. The van der Waals surface area contributed by atoms with E-state index in [4.69, 9.17) is 0 Å². The summed E-state index contributed by atoms with van der Waals surface area (Å²) in [6, 6.07) is 8.20. The van der Waals surface area contributed by atoms with Crippen molar-refractivity contribution in [2.45, 2.75) is 44.6 Å². The molecule has 2 aromatic rings. The van der Waals surface area contributed by atoms with Gasteiger partial charge in [0.1, 0.15) is 17.4 Å². The van der Waals surface area contributed by atoms with Crippen molar-refractivity contribution < 1.29 is 22.3 Å². The highest BCUT2D eigenvalue weighted by atomic mass is 19.3. The van der Waals surface area contributed by atoms with Gasteiger partial charge in [0.05, 0.1) is 5.56 Å². The highest BCUT2D eigenvalue weighted by molar-refractivity contribution is 5.31. The van der Waals surface area contributed by atoms with E-state index >= 15 is 0 Å². The summed E-state index contributed by atoms with van der Waals surface area (Å²) >= 11 is 0. The zero-order chi connectivity index (χ0) is 18.0. The SMILES string of the molecule is CC1CCC(c2ccc(C(F)(F)Oc3cccc(F)c3)c(F)c2)CC1. The first-order valence-corrected chi connectivity index (χ1v) is 8.47. The van der Waals surface area contributed by atoms with Crippen LogP contribution in [-0.4, -0.2) is 0 Å². The van der Waals surface area contributed by atoms with Gasteiger partial charge in [-0.05, 0) is 54.5 Å². The third kappa shape index (κ3) is 4.14. The summed E-state index contributed by atoms with van der Waals surface area (Å²) in [5, 5.41) is 0. The second-order valence-electron chi connectivity index (χ2n) is 6.77. The van der Waals surface area contributed by atoms with Crippen molar-refractivity contribution >= 4 is 0 Å². The van der Waals surface area contributed by atoms with Crippen LogP contribution in [0.5, 0.6) is 5.75 Å². The molecule has 0 unspecified atom stereocenters. The zero-order valence-corrected chi connectivity index (χ0v) is 13.9. The van der Waals surface area contributed by atoms with Crippen LogP contribution in [0.1, 0.15) is 49.7 Å². The lowest BCUT2D eigenvalue weighted by Crippen LogP contribution is -2.24. The van der Waals surface area contributed by atoms with Gasteiger partial charge in [-0.25, -0.2) is 8.78 Å². The minimum absolute atomic E-state index is 0.206. The van der Waals surface area contributed by atoms with Gasteiger partial charge in [-0.1, -0.05) is 31.9 Å². The first-order valence-electron chi connectivity index (χ1n) is 8.47. The molecule has 0 heterocycles. The van der Waals surface area contributed by atoms with Crippen molar-refractivity contribution in [3.8, 4) is 5.75 Å². The van der Waals surface area contributed by atoms with E-state index in [9.17, 15) is 17.6 Å². The van der Waals surface area contributed by atoms with E-state index in [0.29, 0.717) is 5.92 Å². The minimum Gasteiger partial charge on any atom is -0.429 e. The van der Waals surface area contributed by atoms with Crippen LogP contribution in [-0.2, 0) is 6.11 Å². The van der Waals surface area contributed by atoms with E-state index in [1.165, 1.54) is 18.2 Å². The van der Waals surface area contributed by atoms with E-state index in [2.05, 4.69) is 11.7 Å². The van der Waals surface area contributed by atoms with Crippen LogP contribution in [0, 0.1) is 17.6 Å². The highest BCUT2D eigenvalue weighted by Gasteiger charge is 2.38. The number of alkyl halides is 2. The van der Waals surface area contributed by atoms with Crippen molar-refractivity contribution in [2.75, 3.05) is 0 Å². The smallest absolute Gasteiger partial charge is 0.429 e. The maximum absolute atomic E-state index is 14.3. The van der Waals surface area contributed by atoms with Gasteiger partial charge in [0.2, 0.25) is 0 Å². The molecule has 1 fully saturated rings. The van der Waals surface area contributed by atoms with Crippen molar-refractivity contribution in [3.05, 3.63) is 65.2 Å². The Balaban J connectivity index is 1.79. The maximum Gasteiger partial charge on any atom is 0.429 e. The van der Waals surface area contributed by atoms with E-state index in [-0.39, 0.29) is 11.7 Å². The molecule has 0 aliphatic heterocycles. The number of halogens is 4. The molecule has 0 bridgehead atoms. The Labute approximate surface area is 144 Å². The molecule has 5 heteroatoms. The standard InChI is InChI=1S/C20H20F4O/c1-13-5-7-14(8-6-13)15-9-10-18(19(22)11-15)20(23,24)25-17-4-2-3-16(21)12-17/h2-4,9-14H,5-8H2,1H3. The molecule has 0 N–H and O–H groups in total. The number of ether oxygens (including phenoxy) is 1. The molecule has 3 rings (SSSR count). The Morgan fingerprint density at radius 2 is 1.68 bits per heavy atom. The minimum atomic E-state index is -3.88. The average Bonchev–Trinajstić information content (AvgIpc) is 2.54. The number of rotatable bonds is 4. The lowest BCUT2D eigenvalue weighted by molar-refractivity contribution is -0.187. The zero-order valence-electron chi connectivity index (χ0n) is 13.9. The molecular weight excluding hydrogens is 332 g/mol. The summed E-state index contributed by atoms with van der Waals surface area (Å²) in [6.45, 7) is 2.18. The van der Waals surface area contributed by atoms with Crippen LogP contribution in [0.2, 0.25) is 0 Å². The first kappa shape index (κ1) is 17.8. The van der Waals surface area contributed by atoms with Crippen LogP contribution in [0.25, 0.3) is 0 Å². The molecular formula is C20H20F4O. The summed E-state index contributed by atoms with van der Waals surface area (Å²) < 4.78 is 60.5. The molecule has 0 aromatic heterocycles. The Hall–Kier alpha value is -2.04. The van der Waals surface area contributed by atoms with E-state index < -0.39 is 23.3 Å². The first-order chi connectivity index (χ1) is 11.8. The Kier molecular flexibility index (Phi) is 5.02. The van der Waals surface area contributed by atoms with Crippen molar-refractivity contribution in [2.24, 2.45) is 5.92 Å². The average molecular weight is 352 g/mol. The Morgan fingerprint density at radius 1 is 0.960 bits per heavy atom. The second kappa shape index (κ2) is 7.06. The van der Waals surface area contributed by atoms with Gasteiger partial charge in [0.25, 0.3) is 0 Å². The lowest BCUT2D eigenvalue weighted by atomic mass is 9.79. The molecule has 0 radical (unpaired) electrons. The molecule has 0 amide bonds. The number of hydrogen-bond donors (Lipinski definition) is 0. The van der Waals surface area contributed by atoms with Crippen LogP contribution in [0.4, 0.5) is 17.6 Å². The van der Waals surface area contributed by atoms with Gasteiger partial charge >= 0.3 is 6.11 Å². The summed E-state index contributed by atoms with van der Waals surface area (Å²) in [6.07, 6.45) is 0.128. The molecule has 2 aromatic carbocycles. The molecule has 1 saturated carbocycles. The summed E-state index contributed by atoms with van der Waals surface area (Å²) in [5.74, 6) is -1.19. The molecule has 1 aliphatic rings. The predicted molar refractivity (Wildman–Crippen MR) is 87.7 cm³/mol. The number of hydrogen-bond acceptors (Lipinski definition) is 1. The monoisotopic (exact) mass is 352 g/mol. The fourth-order valence-corrected chi connectivity index (χ4v) is 3.35. The molecule has 1 nitrogen and oxygen atoms in total. The summed E-state index contributed by atoms with van der Waals surface area (Å²) in [7, 11) is 0. The topological polar surface area (TPSA) is 9.23 Å². The predicted octanol–water partition coefficient (Wildman–Crippen LogP) is 6.39. The molecule has 0 saturated heterocycles. The number of benzene rings is 2. The largest absolute Gasteiger partial charge is 0.429 e. The second-order valence-corrected chi connectivity index (χ2v) is 6.77. The lowest BCUT2D eigenvalue weighted by Gasteiger charge is -2.27. The van der Waals surface area contributed by atoms with Gasteiger partial charge in [-0.15, -0.1) is 0 Å². The van der Waals surface area contributed by atoms with E-state index in [1.54, 1.807) is 6.07 Å².